The van der Waals surface area contributed by atoms with Crippen molar-refractivity contribution in [3.8, 4) is 5.82 Å². The fourth-order valence-corrected chi connectivity index (χ4v) is 1.88. The Balaban J connectivity index is 2.23. The second kappa shape index (κ2) is 6.29. The second-order valence-corrected chi connectivity index (χ2v) is 4.50. The average molecular weight is 274 g/mol. The van der Waals surface area contributed by atoms with Crippen LogP contribution in [0, 0.1) is 6.92 Å². The predicted octanol–water partition coefficient (Wildman–Crippen LogP) is 1.08. The Kier molecular flexibility index (Phi) is 4.47. The van der Waals surface area contributed by atoms with Gasteiger partial charge in [0, 0.05) is 6.20 Å². The van der Waals surface area contributed by atoms with Crippen LogP contribution in [0.2, 0.25) is 0 Å². The summed E-state index contributed by atoms with van der Waals surface area (Å²) in [5.74, 6) is 0.434. The van der Waals surface area contributed by atoms with Crippen molar-refractivity contribution < 1.29 is 9.90 Å². The van der Waals surface area contributed by atoms with Gasteiger partial charge in [-0.3, -0.25) is 4.79 Å². The highest BCUT2D eigenvalue weighted by Crippen LogP contribution is 2.12. The zero-order chi connectivity index (χ0) is 14.5. The fraction of sp³-hybridized carbons (Fsp3) is 0.357. The number of aromatic nitrogens is 3. The van der Waals surface area contributed by atoms with Crippen molar-refractivity contribution in [2.24, 2.45) is 0 Å². The molecule has 0 aliphatic heterocycles. The highest BCUT2D eigenvalue weighted by Gasteiger charge is 2.17. The number of rotatable bonds is 5. The number of pyridine rings is 1. The highest BCUT2D eigenvalue weighted by molar-refractivity contribution is 5.95. The Morgan fingerprint density at radius 1 is 1.50 bits per heavy atom. The number of hydrogen-bond acceptors (Lipinski definition) is 4. The van der Waals surface area contributed by atoms with Crippen LogP contribution in [0.5, 0.6) is 0 Å². The monoisotopic (exact) mass is 274 g/mol. The van der Waals surface area contributed by atoms with Crippen LogP contribution in [0.4, 0.5) is 0 Å². The number of amides is 1. The van der Waals surface area contributed by atoms with E-state index in [1.165, 1.54) is 6.20 Å². The van der Waals surface area contributed by atoms with E-state index in [1.807, 2.05) is 32.0 Å². The summed E-state index contributed by atoms with van der Waals surface area (Å²) in [5, 5.41) is 16.1. The largest absolute Gasteiger partial charge is 0.394 e. The smallest absolute Gasteiger partial charge is 0.255 e. The van der Waals surface area contributed by atoms with Crippen LogP contribution >= 0.6 is 0 Å². The molecule has 1 atom stereocenters. The van der Waals surface area contributed by atoms with Crippen molar-refractivity contribution >= 4 is 5.91 Å². The second-order valence-electron chi connectivity index (χ2n) is 4.50. The number of aliphatic hydroxyl groups excluding tert-OH is 1. The summed E-state index contributed by atoms with van der Waals surface area (Å²) < 4.78 is 1.62. The summed E-state index contributed by atoms with van der Waals surface area (Å²) in [6, 6.07) is 5.27. The molecule has 20 heavy (non-hydrogen) atoms. The van der Waals surface area contributed by atoms with E-state index in [2.05, 4.69) is 15.4 Å². The molecular weight excluding hydrogens is 256 g/mol. The zero-order valence-electron chi connectivity index (χ0n) is 11.6. The molecule has 2 heterocycles. The van der Waals surface area contributed by atoms with E-state index in [1.54, 1.807) is 10.9 Å². The summed E-state index contributed by atoms with van der Waals surface area (Å²) in [5.41, 5.74) is 1.21. The third-order valence-corrected chi connectivity index (χ3v) is 3.17. The van der Waals surface area contributed by atoms with Crippen molar-refractivity contribution in [2.45, 2.75) is 26.3 Å². The van der Waals surface area contributed by atoms with Crippen molar-refractivity contribution in [3.63, 3.8) is 0 Å². The minimum Gasteiger partial charge on any atom is -0.394 e. The van der Waals surface area contributed by atoms with E-state index in [-0.39, 0.29) is 18.6 Å². The lowest BCUT2D eigenvalue weighted by molar-refractivity contribution is 0.0914. The van der Waals surface area contributed by atoms with Gasteiger partial charge in [0.1, 0.15) is 0 Å². The van der Waals surface area contributed by atoms with Crippen LogP contribution in [-0.4, -0.2) is 38.4 Å². The predicted molar refractivity (Wildman–Crippen MR) is 74.7 cm³/mol. The molecule has 2 N–H and O–H groups in total. The van der Waals surface area contributed by atoms with Crippen LogP contribution in [0.3, 0.4) is 0 Å². The molecular formula is C14H18N4O2. The Bertz CT molecular complexity index is 576. The topological polar surface area (TPSA) is 80.0 Å². The standard InChI is InChI=1S/C14H18N4O2/c1-3-11(9-19)17-14(20)12-8-16-18(10(12)2)13-6-4-5-7-15-13/h4-8,11,19H,3,9H2,1-2H3,(H,17,20). The lowest BCUT2D eigenvalue weighted by Gasteiger charge is -2.13. The summed E-state index contributed by atoms with van der Waals surface area (Å²) >= 11 is 0. The van der Waals surface area contributed by atoms with Crippen molar-refractivity contribution in [2.75, 3.05) is 6.61 Å². The van der Waals surface area contributed by atoms with E-state index in [9.17, 15) is 4.79 Å². The van der Waals surface area contributed by atoms with Crippen LogP contribution in [-0.2, 0) is 0 Å². The van der Waals surface area contributed by atoms with Gasteiger partial charge in [0.05, 0.1) is 30.1 Å². The Labute approximate surface area is 117 Å². The Morgan fingerprint density at radius 3 is 2.90 bits per heavy atom. The molecule has 0 bridgehead atoms. The number of nitrogens with one attached hydrogen (secondary N) is 1. The molecule has 0 saturated heterocycles. The van der Waals surface area contributed by atoms with E-state index in [4.69, 9.17) is 5.11 Å². The molecule has 0 saturated carbocycles. The van der Waals surface area contributed by atoms with Crippen molar-refractivity contribution in [3.05, 3.63) is 41.9 Å². The van der Waals surface area contributed by atoms with Gasteiger partial charge < -0.3 is 10.4 Å². The molecule has 6 nitrogen and oxygen atoms in total. The molecule has 0 spiro atoms. The third kappa shape index (κ3) is 2.85. The van der Waals surface area contributed by atoms with E-state index in [0.29, 0.717) is 23.5 Å². The Morgan fingerprint density at radius 2 is 2.30 bits per heavy atom. The first-order chi connectivity index (χ1) is 9.67. The molecule has 2 rings (SSSR count). The van der Waals surface area contributed by atoms with Gasteiger partial charge in [0.25, 0.3) is 5.91 Å². The quantitative estimate of drug-likeness (QED) is 0.855. The molecule has 0 aliphatic carbocycles. The number of carbonyl (C=O) groups is 1. The first-order valence-corrected chi connectivity index (χ1v) is 6.55. The molecule has 0 aliphatic rings. The molecule has 1 amide bonds. The number of nitrogens with zero attached hydrogens (tertiary/aromatic N) is 3. The minimum atomic E-state index is -0.236. The van der Waals surface area contributed by atoms with Gasteiger partial charge in [-0.1, -0.05) is 13.0 Å². The minimum absolute atomic E-state index is 0.0737. The lowest BCUT2D eigenvalue weighted by atomic mass is 10.2. The molecule has 0 radical (unpaired) electrons. The molecule has 2 aromatic rings. The normalized spacial score (nSPS) is 12.2. The summed E-state index contributed by atoms with van der Waals surface area (Å²) in [4.78, 5) is 16.3. The van der Waals surface area contributed by atoms with Gasteiger partial charge in [-0.05, 0) is 25.5 Å². The molecule has 0 aromatic carbocycles. The van der Waals surface area contributed by atoms with Gasteiger partial charge >= 0.3 is 0 Å². The van der Waals surface area contributed by atoms with E-state index < -0.39 is 0 Å². The molecule has 2 aromatic heterocycles. The van der Waals surface area contributed by atoms with Crippen LogP contribution in [0.25, 0.3) is 5.82 Å². The highest BCUT2D eigenvalue weighted by atomic mass is 16.3. The molecule has 1 unspecified atom stereocenters. The first-order valence-electron chi connectivity index (χ1n) is 6.55. The number of hydrogen-bond donors (Lipinski definition) is 2. The van der Waals surface area contributed by atoms with E-state index >= 15 is 0 Å². The van der Waals surface area contributed by atoms with Crippen molar-refractivity contribution in [1.82, 2.24) is 20.1 Å². The van der Waals surface area contributed by atoms with Gasteiger partial charge in [-0.15, -0.1) is 0 Å². The maximum atomic E-state index is 12.1. The van der Waals surface area contributed by atoms with E-state index in [0.717, 1.165) is 0 Å². The number of aliphatic hydroxyl groups is 1. The van der Waals surface area contributed by atoms with Gasteiger partial charge in [0.15, 0.2) is 5.82 Å². The van der Waals surface area contributed by atoms with Crippen LogP contribution < -0.4 is 5.32 Å². The summed E-state index contributed by atoms with van der Waals surface area (Å²) in [6.07, 6.45) is 3.87. The van der Waals surface area contributed by atoms with Crippen LogP contribution in [0.15, 0.2) is 30.6 Å². The maximum Gasteiger partial charge on any atom is 0.255 e. The third-order valence-electron chi connectivity index (χ3n) is 3.17. The zero-order valence-corrected chi connectivity index (χ0v) is 11.6. The average Bonchev–Trinajstić information content (AvgIpc) is 2.87. The maximum absolute atomic E-state index is 12.1. The fourth-order valence-electron chi connectivity index (χ4n) is 1.88. The first kappa shape index (κ1) is 14.2. The molecule has 0 fully saturated rings. The summed E-state index contributed by atoms with van der Waals surface area (Å²) in [6.45, 7) is 3.65. The van der Waals surface area contributed by atoms with Crippen LogP contribution in [0.1, 0.15) is 29.4 Å². The van der Waals surface area contributed by atoms with Gasteiger partial charge in [-0.25, -0.2) is 9.67 Å². The van der Waals surface area contributed by atoms with Gasteiger partial charge in [-0.2, -0.15) is 5.10 Å². The van der Waals surface area contributed by atoms with Gasteiger partial charge in [0.2, 0.25) is 0 Å². The van der Waals surface area contributed by atoms with Crippen molar-refractivity contribution in [1.29, 1.82) is 0 Å². The Hall–Kier alpha value is -2.21. The number of carbonyl (C=O) groups excluding carboxylic acids is 1. The molecule has 106 valence electrons. The SMILES string of the molecule is CCC(CO)NC(=O)c1cnn(-c2ccccn2)c1C. The lowest BCUT2D eigenvalue weighted by Crippen LogP contribution is -2.37. The summed E-state index contributed by atoms with van der Waals surface area (Å²) in [7, 11) is 0. The molecule has 6 heteroatoms.